The van der Waals surface area contributed by atoms with E-state index in [0.717, 1.165) is 85.6 Å². The van der Waals surface area contributed by atoms with E-state index in [4.69, 9.17) is 14.2 Å². The summed E-state index contributed by atoms with van der Waals surface area (Å²) in [6, 6.07) is 39.4. The van der Waals surface area contributed by atoms with Crippen LogP contribution in [-0.4, -0.2) is 178 Å². The number of fused-ring (bicyclic) bond motifs is 2. The van der Waals surface area contributed by atoms with Crippen LogP contribution in [0.5, 0.6) is 0 Å². The minimum Gasteiger partial charge on any atom is -0.446 e. The fourth-order valence-corrected chi connectivity index (χ4v) is 13.9. The summed E-state index contributed by atoms with van der Waals surface area (Å²) in [6.07, 6.45) is -3.13. The van der Waals surface area contributed by atoms with Crippen LogP contribution in [0.15, 0.2) is 146 Å². The largest absolute Gasteiger partial charge is 0.446 e. The molecule has 2 atom stereocenters. The Morgan fingerprint density at radius 2 is 1.25 bits per heavy atom. The first-order chi connectivity index (χ1) is 47.0. The second-order valence-electron chi connectivity index (χ2n) is 26.3. The zero-order valence-corrected chi connectivity index (χ0v) is 59.5. The first kappa shape index (κ1) is 80.8. The highest BCUT2D eigenvalue weighted by Gasteiger charge is 2.50. The number of rotatable bonds is 27. The molecule has 0 radical (unpaired) electrons. The van der Waals surface area contributed by atoms with Gasteiger partial charge in [0.2, 0.25) is 11.8 Å². The van der Waals surface area contributed by atoms with Gasteiger partial charge in [-0.15, -0.1) is 37.2 Å². The fraction of sp³-hybridized carbons (Fsp3) is 0.453. The summed E-state index contributed by atoms with van der Waals surface area (Å²) in [4.78, 5) is 77.4. The summed E-state index contributed by atoms with van der Waals surface area (Å²) in [5.41, 5.74) is 1.27. The summed E-state index contributed by atoms with van der Waals surface area (Å²) >= 11 is 0. The van der Waals surface area contributed by atoms with Crippen molar-refractivity contribution >= 4 is 78.3 Å². The van der Waals surface area contributed by atoms with Gasteiger partial charge in [0.1, 0.15) is 30.9 Å². The smallest absolute Gasteiger partial charge is 0.416 e. The highest BCUT2D eigenvalue weighted by molar-refractivity contribution is 5.95. The van der Waals surface area contributed by atoms with Crippen molar-refractivity contribution in [3.05, 3.63) is 190 Å². The minimum atomic E-state index is -5.15. The molecule has 0 unspecified atom stereocenters. The van der Waals surface area contributed by atoms with E-state index in [-0.39, 0.29) is 92.8 Å². The second kappa shape index (κ2) is 36.6. The Labute approximate surface area is 604 Å². The van der Waals surface area contributed by atoms with Gasteiger partial charge in [0.25, 0.3) is 11.8 Å². The molecule has 548 valence electrons. The number of hydrogen-bond acceptors (Lipinski definition) is 11. The molecule has 1 aliphatic carbocycles. The zero-order valence-electron chi connectivity index (χ0n) is 57.0. The molecule has 6 aromatic rings. The van der Waals surface area contributed by atoms with Crippen LogP contribution in [0.4, 0.5) is 46.9 Å². The lowest BCUT2D eigenvalue weighted by molar-refractivity contribution is -0.143. The summed E-state index contributed by atoms with van der Waals surface area (Å²) in [5, 5.41) is 6.35. The molecule has 3 saturated heterocycles. The number of likely N-dealkylation sites (tertiary alicyclic amines) is 2. The van der Waals surface area contributed by atoms with Crippen molar-refractivity contribution in [3.8, 4) is 11.1 Å². The number of benzene rings is 6. The Balaban J connectivity index is 0.00000477. The Morgan fingerprint density at radius 1 is 0.634 bits per heavy atom. The minimum absolute atomic E-state index is 0. The molecule has 10 rings (SSSR count). The molecular formula is C75H90Cl3F7N8O8. The number of piperidine rings is 2. The molecule has 0 saturated carbocycles. The van der Waals surface area contributed by atoms with Gasteiger partial charge in [-0.1, -0.05) is 91.3 Å². The molecule has 2 N–H and O–H groups in total. The molecule has 101 heavy (non-hydrogen) atoms. The number of nitrogens with one attached hydrogen (secondary N) is 2. The summed E-state index contributed by atoms with van der Waals surface area (Å²) in [5.74, 6) is -1.75. The molecule has 5 amide bonds. The number of alkyl halides is 6. The van der Waals surface area contributed by atoms with Crippen LogP contribution in [0, 0.1) is 5.82 Å². The second-order valence-corrected chi connectivity index (χ2v) is 26.3. The van der Waals surface area contributed by atoms with Gasteiger partial charge in [-0.25, -0.2) is 9.18 Å². The fourth-order valence-electron chi connectivity index (χ4n) is 13.9. The summed E-state index contributed by atoms with van der Waals surface area (Å²) in [7, 11) is 5.36. The van der Waals surface area contributed by atoms with Crippen LogP contribution in [0.3, 0.4) is 0 Å². The van der Waals surface area contributed by atoms with Gasteiger partial charge in [0.15, 0.2) is 0 Å². The van der Waals surface area contributed by atoms with E-state index < -0.39 is 64.6 Å². The first-order valence-electron chi connectivity index (χ1n) is 33.8. The average Bonchev–Trinajstić information content (AvgIpc) is 1.64. The van der Waals surface area contributed by atoms with Gasteiger partial charge in [-0.2, -0.15) is 26.3 Å². The zero-order chi connectivity index (χ0) is 69.6. The number of para-hydroxylation sites is 1. The molecule has 3 heterocycles. The molecular weight excluding hydrogens is 1380 g/mol. The molecule has 6 aromatic carbocycles. The maximum Gasteiger partial charge on any atom is 0.416 e. The van der Waals surface area contributed by atoms with Gasteiger partial charge >= 0.3 is 18.4 Å². The Bertz CT molecular complexity index is 3670. The van der Waals surface area contributed by atoms with Crippen LogP contribution < -0.4 is 10.6 Å². The topological polar surface area (TPSA) is 157 Å². The third-order valence-corrected chi connectivity index (χ3v) is 19.8. The van der Waals surface area contributed by atoms with E-state index >= 15 is 0 Å². The number of likely N-dealkylation sites (N-methyl/N-ethyl adjacent to an activating group) is 2. The normalized spacial score (nSPS) is 17.6. The van der Waals surface area contributed by atoms with E-state index in [1.165, 1.54) is 29.8 Å². The van der Waals surface area contributed by atoms with Crippen molar-refractivity contribution in [2.45, 2.75) is 113 Å². The standard InChI is InChI=1S/C75H87F7N8O8.3ClH/c1-85(37-14-15-38-87(3)69(93)54-23-29-61(30-24-54)83-36-13-5-8-22-67(91)86(2)44-45-88-39-31-62(32-40-88)98-71(95)84-65-21-12-10-19-63(65)53-16-6-4-7-17-53)68(92)50-96-66-48-55-18-9-11-20-64(55)72(66)33-41-89(42-34-72)43-35-73(57-25-27-60(76)28-26-57)51-90(52-97-73)70(94)56-46-58(74(77,78)79)49-59(47-56)75(80,81)82;;;/h4,6-7,9-12,16-21,23-30,46-47,49,62,66,83H,5,8,13-15,22,31-45,48,50-52H2,1-3H3,(H,84,95);3*1H/t66-,73-;;;/m0.../s1. The number of halogens is 10. The van der Waals surface area contributed by atoms with Crippen molar-refractivity contribution in [2.24, 2.45) is 0 Å². The molecule has 16 nitrogen and oxygen atoms in total. The van der Waals surface area contributed by atoms with Crippen LogP contribution in [-0.2, 0) is 53.6 Å². The highest BCUT2D eigenvalue weighted by Crippen LogP contribution is 2.49. The van der Waals surface area contributed by atoms with Gasteiger partial charge in [-0.3, -0.25) is 24.5 Å². The predicted octanol–water partition coefficient (Wildman–Crippen LogP) is 14.6. The van der Waals surface area contributed by atoms with E-state index in [2.05, 4.69) is 32.6 Å². The maximum atomic E-state index is 14.2. The van der Waals surface area contributed by atoms with E-state index in [1.54, 1.807) is 28.8 Å². The van der Waals surface area contributed by atoms with E-state index in [0.29, 0.717) is 107 Å². The SMILES string of the molecule is CN(CCN1CCC(OC(=O)Nc2ccccc2-c2ccccc2)CC1)C(=O)CCCCCNc1ccc(C(=O)N(C)CCCCN(C)C(=O)CO[C@H]2Cc3ccccc3C23CCN(CC[C@@]2(c4ccc(F)cc4)CN(C(=O)c4cc(C(F)(F)F)cc(C(F)(F)F)c4)CO2)CC3)cc1.Cl.Cl.Cl. The first-order valence-corrected chi connectivity index (χ1v) is 33.8. The average molecular weight is 1470 g/mol. The van der Waals surface area contributed by atoms with Crippen LogP contribution >= 0.6 is 37.2 Å². The van der Waals surface area contributed by atoms with Gasteiger partial charge < -0.3 is 48.9 Å². The van der Waals surface area contributed by atoms with Gasteiger partial charge in [-0.05, 0) is 160 Å². The quantitative estimate of drug-likeness (QED) is 0.0374. The number of carbonyl (C=O) groups excluding carboxylic acids is 5. The Morgan fingerprint density at radius 3 is 1.92 bits per heavy atom. The summed E-state index contributed by atoms with van der Waals surface area (Å²) in [6.45, 7) is 5.55. The third kappa shape index (κ3) is 21.1. The van der Waals surface area contributed by atoms with Crippen LogP contribution in [0.2, 0.25) is 0 Å². The third-order valence-electron chi connectivity index (χ3n) is 19.8. The predicted molar refractivity (Wildman–Crippen MR) is 381 cm³/mol. The Kier molecular flexibility index (Phi) is 29.3. The lowest BCUT2D eigenvalue weighted by Crippen LogP contribution is -2.50. The number of hydrogen-bond donors (Lipinski definition) is 2. The van der Waals surface area contributed by atoms with E-state index in [9.17, 15) is 54.7 Å². The van der Waals surface area contributed by atoms with E-state index in [1.807, 2.05) is 98.0 Å². The lowest BCUT2D eigenvalue weighted by Gasteiger charge is -2.44. The van der Waals surface area contributed by atoms with Crippen molar-refractivity contribution in [2.75, 3.05) is 117 Å². The number of unbranched alkanes of at least 4 members (excludes halogenated alkanes) is 3. The number of anilines is 2. The molecule has 4 aliphatic rings. The molecule has 26 heteroatoms. The number of ether oxygens (including phenoxy) is 3. The molecule has 0 bridgehead atoms. The number of nitrogens with zero attached hydrogens (tertiary/aromatic N) is 6. The van der Waals surface area contributed by atoms with Crippen molar-refractivity contribution < 1.29 is 68.9 Å². The van der Waals surface area contributed by atoms with Crippen molar-refractivity contribution in [1.29, 1.82) is 0 Å². The highest BCUT2D eigenvalue weighted by atomic mass is 35.5. The molecule has 1 spiro atoms. The monoisotopic (exact) mass is 1470 g/mol. The molecule has 3 fully saturated rings. The van der Waals surface area contributed by atoms with Crippen molar-refractivity contribution in [1.82, 2.24) is 29.4 Å². The van der Waals surface area contributed by atoms with Crippen molar-refractivity contribution in [3.63, 3.8) is 0 Å². The molecule has 0 aromatic heterocycles. The maximum absolute atomic E-state index is 14.2. The molecule has 3 aliphatic heterocycles. The summed E-state index contributed by atoms with van der Waals surface area (Å²) < 4.78 is 116. The number of amides is 5. The van der Waals surface area contributed by atoms with Gasteiger partial charge in [0, 0.05) is 108 Å². The number of carbonyl (C=O) groups is 5. The van der Waals surface area contributed by atoms with Crippen LogP contribution in [0.1, 0.15) is 119 Å². The Hall–Kier alpha value is -7.51. The van der Waals surface area contributed by atoms with Crippen LogP contribution in [0.25, 0.3) is 11.1 Å². The lowest BCUT2D eigenvalue weighted by atomic mass is 9.72. The van der Waals surface area contributed by atoms with Gasteiger partial charge in [0.05, 0.1) is 29.5 Å².